The summed E-state index contributed by atoms with van der Waals surface area (Å²) in [5.74, 6) is 2.93. The van der Waals surface area contributed by atoms with Crippen LogP contribution in [0.25, 0.3) is 0 Å². The van der Waals surface area contributed by atoms with Gasteiger partial charge in [-0.25, -0.2) is 8.42 Å². The molecule has 0 atom stereocenters. The Labute approximate surface area is 177 Å². The molecule has 2 aliphatic rings. The highest BCUT2D eigenvalue weighted by Crippen LogP contribution is 2.35. The van der Waals surface area contributed by atoms with E-state index in [2.05, 4.69) is 10.3 Å². The van der Waals surface area contributed by atoms with E-state index in [4.69, 9.17) is 14.2 Å². The molecule has 2 aliphatic heterocycles. The molecule has 1 aromatic carbocycles. The molecule has 152 valence electrons. The fraction of sp³-hybridized carbons (Fsp3) is 0.588. The Morgan fingerprint density at radius 3 is 2.78 bits per heavy atom. The first-order valence-corrected chi connectivity index (χ1v) is 10.2. The molecular weight excluding hydrogens is 485 g/mol. The van der Waals surface area contributed by atoms with Gasteiger partial charge in [-0.2, -0.15) is 0 Å². The molecule has 0 aliphatic carbocycles. The maximum Gasteiger partial charge on any atom is 0.231 e. The average molecular weight is 511 g/mol. The molecule has 1 fully saturated rings. The van der Waals surface area contributed by atoms with Gasteiger partial charge in [-0.05, 0) is 26.0 Å². The average Bonchev–Trinajstić information content (AvgIpc) is 3.05. The number of benzene rings is 1. The van der Waals surface area contributed by atoms with Crippen molar-refractivity contribution in [2.24, 2.45) is 4.99 Å². The summed E-state index contributed by atoms with van der Waals surface area (Å²) in [7, 11) is -1.38. The van der Waals surface area contributed by atoms with Crippen molar-refractivity contribution in [2.45, 2.75) is 18.6 Å². The van der Waals surface area contributed by atoms with Gasteiger partial charge >= 0.3 is 0 Å². The maximum atomic E-state index is 12.1. The van der Waals surface area contributed by atoms with E-state index in [0.29, 0.717) is 43.7 Å². The summed E-state index contributed by atoms with van der Waals surface area (Å²) in [5.41, 5.74) is 0. The zero-order chi connectivity index (χ0) is 18.8. The molecule has 10 heteroatoms. The van der Waals surface area contributed by atoms with E-state index in [1.54, 1.807) is 27.0 Å². The number of guanidine groups is 1. The summed E-state index contributed by atoms with van der Waals surface area (Å²) in [6.45, 7) is 5.58. The van der Waals surface area contributed by atoms with Crippen molar-refractivity contribution >= 4 is 39.8 Å². The number of fused-ring (bicyclic) bond motifs is 1. The first-order valence-electron chi connectivity index (χ1n) is 8.53. The third kappa shape index (κ3) is 4.89. The van der Waals surface area contributed by atoms with Crippen molar-refractivity contribution in [2.75, 3.05) is 45.8 Å². The fourth-order valence-corrected chi connectivity index (χ4v) is 4.32. The summed E-state index contributed by atoms with van der Waals surface area (Å²) in [6.07, 6.45) is 0. The second-order valence-electron chi connectivity index (χ2n) is 6.84. The quantitative estimate of drug-likeness (QED) is 0.284. The predicted molar refractivity (Wildman–Crippen MR) is 114 cm³/mol. The monoisotopic (exact) mass is 511 g/mol. The smallest absolute Gasteiger partial charge is 0.231 e. The number of nitrogens with zero attached hydrogens (tertiary/aromatic N) is 2. The van der Waals surface area contributed by atoms with Crippen LogP contribution in [0.2, 0.25) is 0 Å². The van der Waals surface area contributed by atoms with Crippen molar-refractivity contribution in [3.05, 3.63) is 18.2 Å². The number of nitrogens with one attached hydrogen (secondary N) is 1. The molecule has 0 unspecified atom stereocenters. The highest BCUT2D eigenvalue weighted by molar-refractivity contribution is 14.0. The van der Waals surface area contributed by atoms with E-state index < -0.39 is 14.6 Å². The van der Waals surface area contributed by atoms with Gasteiger partial charge in [-0.1, -0.05) is 0 Å². The highest BCUT2D eigenvalue weighted by atomic mass is 127. The number of hydrogen-bond acceptors (Lipinski definition) is 6. The number of aliphatic imine (C=N–C) groups is 1. The first-order chi connectivity index (χ1) is 12.3. The number of rotatable bonds is 4. The number of hydrogen-bond donors (Lipinski definition) is 1. The molecule has 0 bridgehead atoms. The van der Waals surface area contributed by atoms with Crippen molar-refractivity contribution < 1.29 is 22.6 Å². The van der Waals surface area contributed by atoms with Crippen LogP contribution in [0.5, 0.6) is 17.2 Å². The summed E-state index contributed by atoms with van der Waals surface area (Å²) in [4.78, 5) is 6.24. The van der Waals surface area contributed by atoms with E-state index in [9.17, 15) is 8.42 Å². The second-order valence-corrected chi connectivity index (χ2v) is 9.58. The fourth-order valence-electron chi connectivity index (χ4n) is 2.96. The topological polar surface area (TPSA) is 89.5 Å². The Morgan fingerprint density at radius 1 is 1.33 bits per heavy atom. The van der Waals surface area contributed by atoms with Gasteiger partial charge in [-0.3, -0.25) is 4.99 Å². The van der Waals surface area contributed by atoms with E-state index in [1.165, 1.54) is 0 Å². The van der Waals surface area contributed by atoms with Crippen LogP contribution in [0, 0.1) is 0 Å². The molecule has 2 heterocycles. The minimum absolute atomic E-state index is 0. The molecule has 3 rings (SSSR count). The van der Waals surface area contributed by atoms with Crippen molar-refractivity contribution in [3.8, 4) is 17.2 Å². The lowest BCUT2D eigenvalue weighted by molar-refractivity contribution is 0.173. The van der Waals surface area contributed by atoms with Gasteiger partial charge in [0, 0.05) is 26.2 Å². The standard InChI is InChI=1S/C17H25N3O5S.HI/c1-17(2)11-20(7-9-26(17,21)22)16(18-3)19-6-8-23-13-4-5-14-15(10-13)25-12-24-14;/h4-5,10H,6-9,11-12H2,1-3H3,(H,18,19);1H. The van der Waals surface area contributed by atoms with Crippen LogP contribution in [0.3, 0.4) is 0 Å². The molecule has 1 aromatic rings. The summed E-state index contributed by atoms with van der Waals surface area (Å²) >= 11 is 0. The van der Waals surface area contributed by atoms with Gasteiger partial charge in [-0.15, -0.1) is 24.0 Å². The Balaban J connectivity index is 0.00000261. The molecule has 1 saturated heterocycles. The Morgan fingerprint density at radius 2 is 2.07 bits per heavy atom. The lowest BCUT2D eigenvalue weighted by Crippen LogP contribution is -2.57. The van der Waals surface area contributed by atoms with Crippen LogP contribution in [0.1, 0.15) is 13.8 Å². The van der Waals surface area contributed by atoms with Crippen molar-refractivity contribution in [3.63, 3.8) is 0 Å². The Hall–Kier alpha value is -1.43. The summed E-state index contributed by atoms with van der Waals surface area (Å²) in [5, 5.41) is 3.23. The maximum absolute atomic E-state index is 12.1. The van der Waals surface area contributed by atoms with Gasteiger partial charge in [0.1, 0.15) is 12.4 Å². The summed E-state index contributed by atoms with van der Waals surface area (Å²) < 4.78 is 39.8. The third-order valence-corrected chi connectivity index (χ3v) is 7.09. The summed E-state index contributed by atoms with van der Waals surface area (Å²) in [6, 6.07) is 5.45. The molecule has 8 nitrogen and oxygen atoms in total. The first kappa shape index (κ1) is 21.9. The Bertz CT molecular complexity index is 798. The number of halogens is 1. The van der Waals surface area contributed by atoms with Crippen LogP contribution < -0.4 is 19.5 Å². The second kappa shape index (κ2) is 8.72. The molecule has 0 radical (unpaired) electrons. The molecule has 0 saturated carbocycles. The van der Waals surface area contributed by atoms with Gasteiger partial charge in [0.2, 0.25) is 6.79 Å². The van der Waals surface area contributed by atoms with Gasteiger partial charge in [0.15, 0.2) is 27.3 Å². The van der Waals surface area contributed by atoms with E-state index >= 15 is 0 Å². The molecule has 1 N–H and O–H groups in total. The minimum Gasteiger partial charge on any atom is -0.492 e. The van der Waals surface area contributed by atoms with Crippen LogP contribution in [-0.4, -0.2) is 69.9 Å². The normalized spacial score (nSPS) is 20.0. The lowest BCUT2D eigenvalue weighted by Gasteiger charge is -2.39. The SMILES string of the molecule is CN=C(NCCOc1ccc2c(c1)OCO2)N1CCS(=O)(=O)C(C)(C)C1.I. The van der Waals surface area contributed by atoms with Gasteiger partial charge < -0.3 is 24.4 Å². The number of sulfone groups is 1. The lowest BCUT2D eigenvalue weighted by atomic mass is 10.2. The van der Waals surface area contributed by atoms with E-state index in [1.807, 2.05) is 17.0 Å². The third-order valence-electron chi connectivity index (χ3n) is 4.55. The molecule has 27 heavy (non-hydrogen) atoms. The van der Waals surface area contributed by atoms with E-state index in [-0.39, 0.29) is 36.5 Å². The van der Waals surface area contributed by atoms with Crippen molar-refractivity contribution in [1.82, 2.24) is 10.2 Å². The predicted octanol–water partition coefficient (Wildman–Crippen LogP) is 1.50. The van der Waals surface area contributed by atoms with E-state index in [0.717, 1.165) is 5.75 Å². The van der Waals surface area contributed by atoms with Crippen molar-refractivity contribution in [1.29, 1.82) is 0 Å². The molecular formula is C17H26IN3O5S. The Kier molecular flexibility index (Phi) is 7.06. The zero-order valence-corrected chi connectivity index (χ0v) is 18.9. The number of ether oxygens (including phenoxy) is 3. The van der Waals surface area contributed by atoms with Gasteiger partial charge in [0.05, 0.1) is 17.0 Å². The zero-order valence-electron chi connectivity index (χ0n) is 15.7. The molecule has 0 spiro atoms. The van der Waals surface area contributed by atoms with Crippen LogP contribution in [0.15, 0.2) is 23.2 Å². The largest absolute Gasteiger partial charge is 0.492 e. The molecule has 0 amide bonds. The highest BCUT2D eigenvalue weighted by Gasteiger charge is 2.40. The van der Waals surface area contributed by atoms with Crippen LogP contribution in [0.4, 0.5) is 0 Å². The minimum atomic E-state index is -3.07. The van der Waals surface area contributed by atoms with Crippen LogP contribution in [-0.2, 0) is 9.84 Å². The van der Waals surface area contributed by atoms with Gasteiger partial charge in [0.25, 0.3) is 0 Å². The van der Waals surface area contributed by atoms with Crippen LogP contribution >= 0.6 is 24.0 Å². The molecule has 0 aromatic heterocycles.